The molecule has 8 rings (SSSR count). The first kappa shape index (κ1) is 48.4. The number of nitrogens with one attached hydrogen (secondary N) is 2. The van der Waals surface area contributed by atoms with Crippen LogP contribution in [0.2, 0.25) is 0 Å². The van der Waals surface area contributed by atoms with E-state index in [1.165, 1.54) is 13.8 Å². The van der Waals surface area contributed by atoms with Crippen molar-refractivity contribution < 1.29 is 81.2 Å². The second-order valence-electron chi connectivity index (χ2n) is 17.1. The van der Waals surface area contributed by atoms with Gasteiger partial charge in [0.15, 0.2) is 0 Å². The molecule has 2 aliphatic heterocycles. The Labute approximate surface area is 369 Å². The average Bonchev–Trinajstić information content (AvgIpc) is 3.98. The van der Waals surface area contributed by atoms with Crippen molar-refractivity contribution >= 4 is 12.2 Å². The number of fused-ring (bicyclic) bond motifs is 2. The Morgan fingerprint density at radius 2 is 0.818 bits per heavy atom. The lowest BCUT2D eigenvalue weighted by Gasteiger charge is -2.32. The molecule has 66 heavy (non-hydrogen) atoms. The zero-order valence-corrected chi connectivity index (χ0v) is 34.9. The van der Waals surface area contributed by atoms with Gasteiger partial charge in [0.05, 0.1) is 59.8 Å². The predicted octanol–water partition coefficient (Wildman–Crippen LogP) is 12.0. The van der Waals surface area contributed by atoms with Gasteiger partial charge in [-0.25, -0.2) is 9.59 Å². The van der Waals surface area contributed by atoms with E-state index in [0.29, 0.717) is 49.9 Å². The molecule has 4 aliphatic rings. The van der Waals surface area contributed by atoms with Crippen LogP contribution in [0.3, 0.4) is 0 Å². The molecule has 2 heterocycles. The molecular weight excluding hydrogens is 904 g/mol. The second-order valence-corrected chi connectivity index (χ2v) is 17.1. The van der Waals surface area contributed by atoms with Gasteiger partial charge in [-0.1, -0.05) is 60.7 Å². The van der Waals surface area contributed by atoms with Crippen LogP contribution < -0.4 is 10.6 Å². The summed E-state index contributed by atoms with van der Waals surface area (Å²) in [7, 11) is 0. The Bertz CT molecular complexity index is 2110. The zero-order chi connectivity index (χ0) is 48.0. The summed E-state index contributed by atoms with van der Waals surface area (Å²) in [6, 6.07) is 20.9. The number of amides is 2. The Balaban J connectivity index is 0.000000196. The van der Waals surface area contributed by atoms with E-state index in [9.17, 15) is 62.3 Å². The highest BCUT2D eigenvalue weighted by atomic mass is 19.4. The minimum Gasteiger partial charge on any atom is -0.444 e. The summed E-state index contributed by atoms with van der Waals surface area (Å²) in [5.41, 5.74) is -5.42. The van der Waals surface area contributed by atoms with Crippen LogP contribution in [-0.2, 0) is 54.5 Å². The monoisotopic (exact) mass is 946 g/mol. The zero-order valence-electron chi connectivity index (χ0n) is 34.9. The highest BCUT2D eigenvalue weighted by Gasteiger charge is 2.53. The molecule has 4 fully saturated rings. The second kappa shape index (κ2) is 18.0. The van der Waals surface area contributed by atoms with Gasteiger partial charge in [0.2, 0.25) is 0 Å². The topological polar surface area (TPSA) is 95.1 Å². The average molecular weight is 947 g/mol. The van der Waals surface area contributed by atoms with Crippen LogP contribution in [0.5, 0.6) is 0 Å². The standard InChI is InChI=1S/2C23H21F6NO3/c2*1-13(14-7-16(22(24,25)26)9-17(8-14)23(27,28)29)32-12-21(15-5-3-2-4-6-15)10-18-19(11-21)33-20(31)30-18/h2*2-9,13,18-19H,10-12H2,1H3,(H,30,31)/t13-,18?,19+,21+;13-,18?,19-,21+/m11/s1. The minimum absolute atomic E-state index is 0.0298. The maximum Gasteiger partial charge on any atom is 0.416 e. The van der Waals surface area contributed by atoms with Crippen LogP contribution in [0.4, 0.5) is 62.3 Å². The van der Waals surface area contributed by atoms with Crippen molar-refractivity contribution in [1.82, 2.24) is 10.6 Å². The lowest BCUT2D eigenvalue weighted by molar-refractivity contribution is -0.144. The number of carbonyl (C=O) groups is 2. The van der Waals surface area contributed by atoms with Gasteiger partial charge in [-0.05, 0) is 98.2 Å². The summed E-state index contributed by atoms with van der Waals surface area (Å²) in [6.07, 6.45) is -21.8. The fraction of sp³-hybridized carbons (Fsp3) is 0.435. The van der Waals surface area contributed by atoms with Gasteiger partial charge < -0.3 is 29.6 Å². The first-order valence-corrected chi connectivity index (χ1v) is 20.6. The Morgan fingerprint density at radius 1 is 0.515 bits per heavy atom. The van der Waals surface area contributed by atoms with Crippen molar-refractivity contribution in [3.63, 3.8) is 0 Å². The van der Waals surface area contributed by atoms with Gasteiger partial charge in [-0.3, -0.25) is 0 Å². The molecule has 8 atom stereocenters. The van der Waals surface area contributed by atoms with E-state index in [-0.39, 0.29) is 60.8 Å². The molecule has 2 N–H and O–H groups in total. The summed E-state index contributed by atoms with van der Waals surface area (Å²) >= 11 is 0. The molecule has 0 spiro atoms. The number of halogens is 12. The van der Waals surface area contributed by atoms with Gasteiger partial charge in [0.1, 0.15) is 12.2 Å². The molecule has 2 aliphatic carbocycles. The molecule has 4 aromatic rings. The van der Waals surface area contributed by atoms with Crippen LogP contribution in [0, 0.1) is 0 Å². The van der Waals surface area contributed by atoms with E-state index >= 15 is 0 Å². The largest absolute Gasteiger partial charge is 0.444 e. The number of hydrogen-bond donors (Lipinski definition) is 2. The maximum atomic E-state index is 13.2. The number of alkyl halides is 12. The van der Waals surface area contributed by atoms with Gasteiger partial charge in [-0.15, -0.1) is 0 Å². The third-order valence-corrected chi connectivity index (χ3v) is 12.6. The van der Waals surface area contributed by atoms with Crippen LogP contribution in [0.1, 0.15) is 96.2 Å². The Morgan fingerprint density at radius 3 is 1.09 bits per heavy atom. The van der Waals surface area contributed by atoms with E-state index < -0.39 is 82.2 Å². The SMILES string of the molecule is C[C@@H](OC[C@]1(c2ccccc2)CC2NC(=O)O[C@@H]2C1)c1cc(C(F)(F)F)cc(C(F)(F)F)c1.C[C@@H](OC[C@]1(c2ccccc2)CC2NC(=O)O[C@H]2C1)c1cc(C(F)(F)F)cc(C(F)(F)F)c1. The van der Waals surface area contributed by atoms with Crippen LogP contribution >= 0.6 is 0 Å². The molecule has 4 aromatic carbocycles. The lowest BCUT2D eigenvalue weighted by Crippen LogP contribution is -2.34. The number of benzene rings is 4. The summed E-state index contributed by atoms with van der Waals surface area (Å²) in [6.45, 7) is 2.90. The first-order chi connectivity index (χ1) is 30.7. The predicted molar refractivity (Wildman–Crippen MR) is 211 cm³/mol. The smallest absolute Gasteiger partial charge is 0.416 e. The quantitative estimate of drug-likeness (QED) is 0.154. The van der Waals surface area contributed by atoms with Crippen molar-refractivity contribution in [2.75, 3.05) is 13.2 Å². The van der Waals surface area contributed by atoms with Crippen LogP contribution in [0.15, 0.2) is 97.1 Å². The number of alkyl carbamates (subject to hydrolysis) is 2. The third-order valence-electron chi connectivity index (χ3n) is 12.6. The fourth-order valence-corrected chi connectivity index (χ4v) is 9.15. The Kier molecular flexibility index (Phi) is 13.2. The first-order valence-electron chi connectivity index (χ1n) is 20.6. The van der Waals surface area contributed by atoms with E-state index in [0.717, 1.165) is 11.1 Å². The molecule has 0 radical (unpaired) electrons. The molecule has 2 saturated heterocycles. The number of carbonyl (C=O) groups excluding carboxylic acids is 2. The third kappa shape index (κ3) is 10.7. The van der Waals surface area contributed by atoms with Gasteiger partial charge in [0, 0.05) is 10.8 Å². The summed E-state index contributed by atoms with van der Waals surface area (Å²) in [5.74, 6) is 0. The molecular formula is C46H42F12N2O6. The van der Waals surface area contributed by atoms with E-state index in [4.69, 9.17) is 18.9 Å². The minimum atomic E-state index is -4.93. The van der Waals surface area contributed by atoms with Crippen molar-refractivity contribution in [3.8, 4) is 0 Å². The van der Waals surface area contributed by atoms with Crippen LogP contribution in [0.25, 0.3) is 0 Å². The van der Waals surface area contributed by atoms with E-state index in [1.54, 1.807) is 0 Å². The van der Waals surface area contributed by atoms with Crippen molar-refractivity contribution in [2.45, 2.75) is 112 Å². The van der Waals surface area contributed by atoms with Crippen molar-refractivity contribution in [3.05, 3.63) is 142 Å². The molecule has 0 bridgehead atoms. The van der Waals surface area contributed by atoms with Gasteiger partial charge in [-0.2, -0.15) is 52.7 Å². The highest BCUT2D eigenvalue weighted by Crippen LogP contribution is 2.48. The lowest BCUT2D eigenvalue weighted by atomic mass is 9.79. The summed E-state index contributed by atoms with van der Waals surface area (Å²) in [4.78, 5) is 23.1. The van der Waals surface area contributed by atoms with E-state index in [1.807, 2.05) is 60.7 Å². The highest BCUT2D eigenvalue weighted by molar-refractivity contribution is 5.71. The van der Waals surface area contributed by atoms with Crippen molar-refractivity contribution in [2.24, 2.45) is 0 Å². The number of hydrogen-bond acceptors (Lipinski definition) is 6. The van der Waals surface area contributed by atoms with Gasteiger partial charge >= 0.3 is 36.9 Å². The molecule has 2 saturated carbocycles. The van der Waals surface area contributed by atoms with Crippen molar-refractivity contribution in [1.29, 1.82) is 0 Å². The maximum absolute atomic E-state index is 13.2. The molecule has 2 amide bonds. The Hall–Kier alpha value is -5.50. The fourth-order valence-electron chi connectivity index (χ4n) is 9.15. The van der Waals surface area contributed by atoms with E-state index in [2.05, 4.69) is 10.6 Å². The number of rotatable bonds is 10. The summed E-state index contributed by atoms with van der Waals surface area (Å²) in [5, 5.41) is 5.48. The molecule has 20 heteroatoms. The molecule has 0 aromatic heterocycles. The summed E-state index contributed by atoms with van der Waals surface area (Å²) < 4.78 is 181. The normalized spacial score (nSPS) is 26.0. The number of ether oxygens (including phenoxy) is 4. The molecule has 8 nitrogen and oxygen atoms in total. The van der Waals surface area contributed by atoms with Gasteiger partial charge in [0.25, 0.3) is 0 Å². The van der Waals surface area contributed by atoms with Crippen LogP contribution in [-0.4, -0.2) is 49.7 Å². The molecule has 2 unspecified atom stereocenters. The molecule has 356 valence electrons.